The number of hydrogen-bond acceptors (Lipinski definition) is 3. The van der Waals surface area contributed by atoms with Gasteiger partial charge in [0.05, 0.1) is 6.61 Å². The van der Waals surface area contributed by atoms with Gasteiger partial charge in [-0.25, -0.2) is 0 Å². The molecule has 0 aliphatic rings. The first-order valence-electron chi connectivity index (χ1n) is 3.79. The summed E-state index contributed by atoms with van der Waals surface area (Å²) in [4.78, 5) is 19.9. The van der Waals surface area contributed by atoms with E-state index in [2.05, 4.69) is 16.4 Å². The molecule has 0 spiro atoms. The average molecular weight is 207 g/mol. The van der Waals surface area contributed by atoms with Crippen LogP contribution in [0.25, 0.3) is 0 Å². The summed E-state index contributed by atoms with van der Waals surface area (Å²) in [6.07, 6.45) is -0.382. The Kier molecular flexibility index (Phi) is 4.91. The third-order valence-corrected chi connectivity index (χ3v) is 2.38. The highest BCUT2D eigenvalue weighted by atomic mass is 31.2. The van der Waals surface area contributed by atoms with Crippen LogP contribution in [0.3, 0.4) is 0 Å². The molecule has 1 atom stereocenters. The monoisotopic (exact) mass is 207 g/mol. The normalized spacial score (nSPS) is 14.7. The molecule has 0 aromatic heterocycles. The van der Waals surface area contributed by atoms with Crippen LogP contribution in [0.1, 0.15) is 13.8 Å². The van der Waals surface area contributed by atoms with Crippen molar-refractivity contribution in [3.8, 4) is 0 Å². The van der Waals surface area contributed by atoms with Crippen molar-refractivity contribution >= 4 is 13.5 Å². The molecule has 13 heavy (non-hydrogen) atoms. The average Bonchev–Trinajstić information content (AvgIpc) is 2.00. The van der Waals surface area contributed by atoms with Gasteiger partial charge < -0.3 is 14.7 Å². The molecule has 5 nitrogen and oxygen atoms in total. The smallest absolute Gasteiger partial charge is 0.341 e. The Morgan fingerprint density at radius 3 is 2.62 bits per heavy atom. The van der Waals surface area contributed by atoms with Gasteiger partial charge in [0.2, 0.25) is 5.91 Å². The third-order valence-electron chi connectivity index (χ3n) is 1.16. The Morgan fingerprint density at radius 2 is 2.23 bits per heavy atom. The molecule has 1 amide bonds. The summed E-state index contributed by atoms with van der Waals surface area (Å²) in [6, 6.07) is 0. The summed E-state index contributed by atoms with van der Waals surface area (Å²) in [7, 11) is -3.66. The zero-order valence-corrected chi connectivity index (χ0v) is 8.63. The van der Waals surface area contributed by atoms with E-state index in [1.54, 1.807) is 6.92 Å². The highest BCUT2D eigenvalue weighted by molar-refractivity contribution is 7.52. The van der Waals surface area contributed by atoms with Crippen molar-refractivity contribution < 1.29 is 18.8 Å². The molecule has 0 aliphatic carbocycles. The van der Waals surface area contributed by atoms with E-state index in [1.807, 2.05) is 0 Å². The van der Waals surface area contributed by atoms with Crippen LogP contribution in [0.15, 0.2) is 12.2 Å². The number of amides is 1. The summed E-state index contributed by atoms with van der Waals surface area (Å²) in [6.45, 7) is 6.63. The molecule has 6 heteroatoms. The van der Waals surface area contributed by atoms with Gasteiger partial charge in [-0.1, -0.05) is 6.58 Å². The van der Waals surface area contributed by atoms with E-state index in [4.69, 9.17) is 4.89 Å². The summed E-state index contributed by atoms with van der Waals surface area (Å²) in [5.74, 6) is -0.450. The summed E-state index contributed by atoms with van der Waals surface area (Å²) >= 11 is 0. The second-order valence-corrected chi connectivity index (χ2v) is 4.35. The van der Waals surface area contributed by atoms with Gasteiger partial charge in [0.15, 0.2) is 0 Å². The standard InChI is InChI=1S/C7H14NO4P/c1-4-12-13(10,11)5-8-7(9)6(2)3/h2,4-5H2,1,3H3,(H,8,9)(H,10,11). The first-order valence-corrected chi connectivity index (χ1v) is 5.55. The summed E-state index contributed by atoms with van der Waals surface area (Å²) in [5.41, 5.74) is 0.288. The number of carbonyl (C=O) groups excluding carboxylic acids is 1. The second kappa shape index (κ2) is 5.17. The quantitative estimate of drug-likeness (QED) is 0.517. The number of hydrogen-bond donors (Lipinski definition) is 2. The predicted octanol–water partition coefficient (Wildman–Crippen LogP) is 0.858. The lowest BCUT2D eigenvalue weighted by atomic mass is 10.3. The molecule has 0 radical (unpaired) electrons. The maximum Gasteiger partial charge on any atom is 0.347 e. The molecule has 0 aromatic carbocycles. The van der Waals surface area contributed by atoms with E-state index in [-0.39, 0.29) is 18.5 Å². The van der Waals surface area contributed by atoms with Crippen LogP contribution >= 0.6 is 7.60 Å². The fraction of sp³-hybridized carbons (Fsp3) is 0.571. The lowest BCUT2D eigenvalue weighted by Crippen LogP contribution is -2.25. The second-order valence-electron chi connectivity index (χ2n) is 2.50. The van der Waals surface area contributed by atoms with E-state index in [1.165, 1.54) is 6.92 Å². The highest BCUT2D eigenvalue weighted by Crippen LogP contribution is 2.39. The van der Waals surface area contributed by atoms with E-state index in [0.29, 0.717) is 0 Å². The van der Waals surface area contributed by atoms with Crippen molar-refractivity contribution in [3.05, 3.63) is 12.2 Å². The zero-order chi connectivity index (χ0) is 10.5. The Balaban J connectivity index is 3.95. The van der Waals surface area contributed by atoms with Gasteiger partial charge in [-0.05, 0) is 13.8 Å². The lowest BCUT2D eigenvalue weighted by Gasteiger charge is -2.11. The molecule has 0 rings (SSSR count). The first-order chi connectivity index (χ1) is 5.89. The summed E-state index contributed by atoms with van der Waals surface area (Å²) < 4.78 is 15.6. The van der Waals surface area contributed by atoms with E-state index >= 15 is 0 Å². The molecule has 2 N–H and O–H groups in total. The number of nitrogens with one attached hydrogen (secondary N) is 1. The molecule has 0 aliphatic heterocycles. The maximum absolute atomic E-state index is 11.0. The molecule has 76 valence electrons. The van der Waals surface area contributed by atoms with Crippen LogP contribution in [-0.4, -0.2) is 23.7 Å². The molecule has 0 heterocycles. The Hall–Kier alpha value is -0.640. The fourth-order valence-electron chi connectivity index (χ4n) is 0.570. The van der Waals surface area contributed by atoms with Crippen molar-refractivity contribution in [1.82, 2.24) is 5.32 Å². The van der Waals surface area contributed by atoms with Crippen molar-refractivity contribution in [3.63, 3.8) is 0 Å². The molecular formula is C7H14NO4P. The lowest BCUT2D eigenvalue weighted by molar-refractivity contribution is -0.117. The Morgan fingerprint density at radius 1 is 1.69 bits per heavy atom. The molecule has 0 saturated heterocycles. The van der Waals surface area contributed by atoms with Gasteiger partial charge in [-0.15, -0.1) is 0 Å². The summed E-state index contributed by atoms with van der Waals surface area (Å²) in [5, 5.41) is 2.23. The minimum absolute atomic E-state index is 0.136. The Labute approximate surface area is 77.3 Å². The predicted molar refractivity (Wildman–Crippen MR) is 49.3 cm³/mol. The van der Waals surface area contributed by atoms with Crippen LogP contribution in [0.5, 0.6) is 0 Å². The largest absolute Gasteiger partial charge is 0.347 e. The minimum atomic E-state index is -3.66. The van der Waals surface area contributed by atoms with Crippen LogP contribution in [-0.2, 0) is 13.9 Å². The van der Waals surface area contributed by atoms with E-state index in [9.17, 15) is 9.36 Å². The van der Waals surface area contributed by atoms with Gasteiger partial charge in [0, 0.05) is 5.57 Å². The van der Waals surface area contributed by atoms with Gasteiger partial charge in [0.1, 0.15) is 6.29 Å². The van der Waals surface area contributed by atoms with Gasteiger partial charge in [-0.2, -0.15) is 0 Å². The third kappa shape index (κ3) is 5.58. The fourth-order valence-corrected chi connectivity index (χ4v) is 1.41. The van der Waals surface area contributed by atoms with E-state index in [0.717, 1.165) is 0 Å². The van der Waals surface area contributed by atoms with Gasteiger partial charge in [-0.3, -0.25) is 9.36 Å². The van der Waals surface area contributed by atoms with Crippen LogP contribution in [0.2, 0.25) is 0 Å². The Bertz CT molecular complexity index is 251. The van der Waals surface area contributed by atoms with Crippen LogP contribution in [0, 0.1) is 0 Å². The van der Waals surface area contributed by atoms with E-state index < -0.39 is 13.5 Å². The number of carbonyl (C=O) groups is 1. The number of rotatable bonds is 5. The zero-order valence-electron chi connectivity index (χ0n) is 7.74. The molecular weight excluding hydrogens is 193 g/mol. The van der Waals surface area contributed by atoms with Crippen LogP contribution < -0.4 is 5.32 Å². The van der Waals surface area contributed by atoms with Crippen molar-refractivity contribution in [2.24, 2.45) is 0 Å². The highest BCUT2D eigenvalue weighted by Gasteiger charge is 2.19. The molecule has 1 unspecified atom stereocenters. The van der Waals surface area contributed by atoms with Gasteiger partial charge >= 0.3 is 7.60 Å². The van der Waals surface area contributed by atoms with Crippen molar-refractivity contribution in [1.29, 1.82) is 0 Å². The SMILES string of the molecule is C=C(C)C(=O)NCP(=O)(O)OCC. The maximum atomic E-state index is 11.0. The topological polar surface area (TPSA) is 75.6 Å². The first kappa shape index (κ1) is 12.4. The minimum Gasteiger partial charge on any atom is -0.341 e. The molecule has 0 fully saturated rings. The molecule has 0 aromatic rings. The van der Waals surface area contributed by atoms with Crippen molar-refractivity contribution in [2.45, 2.75) is 13.8 Å². The van der Waals surface area contributed by atoms with Crippen molar-refractivity contribution in [2.75, 3.05) is 12.9 Å². The van der Waals surface area contributed by atoms with Crippen LogP contribution in [0.4, 0.5) is 0 Å². The van der Waals surface area contributed by atoms with Gasteiger partial charge in [0.25, 0.3) is 0 Å². The molecule has 0 saturated carbocycles. The molecule has 0 bridgehead atoms.